The molecule has 0 radical (unpaired) electrons. The van der Waals surface area contributed by atoms with Crippen molar-refractivity contribution in [1.82, 2.24) is 10.3 Å². The van der Waals surface area contributed by atoms with Crippen LogP contribution in [0.2, 0.25) is 0 Å². The quantitative estimate of drug-likeness (QED) is 0.377. The molecule has 3 N–H and O–H groups in total. The molecule has 5 rings (SSSR count). The van der Waals surface area contributed by atoms with E-state index in [2.05, 4.69) is 15.2 Å². The molecule has 0 bridgehead atoms. The molecular formula is C28H24F4N4O. The zero-order chi connectivity index (χ0) is 26.1. The number of anilines is 1. The van der Waals surface area contributed by atoms with Crippen molar-refractivity contribution in [2.45, 2.75) is 12.3 Å². The Labute approximate surface area is 210 Å². The summed E-state index contributed by atoms with van der Waals surface area (Å²) in [6.07, 6.45) is 0.887. The first-order valence-electron chi connectivity index (χ1n) is 11.9. The molecule has 1 aliphatic heterocycles. The lowest BCUT2D eigenvalue weighted by Gasteiger charge is -2.25. The van der Waals surface area contributed by atoms with Gasteiger partial charge in [0.25, 0.3) is 0 Å². The van der Waals surface area contributed by atoms with Crippen LogP contribution in [-0.4, -0.2) is 37.1 Å². The molecule has 1 atom stereocenters. The van der Waals surface area contributed by atoms with Gasteiger partial charge in [0.15, 0.2) is 0 Å². The summed E-state index contributed by atoms with van der Waals surface area (Å²) in [4.78, 5) is 19.3. The molecule has 3 aromatic carbocycles. The molecule has 1 aromatic heterocycles. The molecule has 190 valence electrons. The Kier molecular flexibility index (Phi) is 6.80. The van der Waals surface area contributed by atoms with Gasteiger partial charge in [-0.1, -0.05) is 18.2 Å². The van der Waals surface area contributed by atoms with Gasteiger partial charge in [-0.3, -0.25) is 9.78 Å². The van der Waals surface area contributed by atoms with E-state index in [4.69, 9.17) is 5.73 Å². The van der Waals surface area contributed by atoms with Gasteiger partial charge in [0.1, 0.15) is 29.2 Å². The number of rotatable bonds is 5. The van der Waals surface area contributed by atoms with E-state index in [0.29, 0.717) is 17.3 Å². The van der Waals surface area contributed by atoms with E-state index >= 15 is 4.39 Å². The molecule has 1 amide bonds. The van der Waals surface area contributed by atoms with Crippen LogP contribution in [0.1, 0.15) is 23.6 Å². The number of amides is 1. The maximum absolute atomic E-state index is 15.0. The fourth-order valence-electron chi connectivity index (χ4n) is 4.90. The summed E-state index contributed by atoms with van der Waals surface area (Å²) in [5.74, 6) is -6.12. The highest BCUT2D eigenvalue weighted by molar-refractivity contribution is 6.03. The predicted molar refractivity (Wildman–Crippen MR) is 134 cm³/mol. The van der Waals surface area contributed by atoms with Crippen molar-refractivity contribution < 1.29 is 22.4 Å². The number of aromatic nitrogens is 1. The normalized spacial score (nSPS) is 15.0. The van der Waals surface area contributed by atoms with Gasteiger partial charge in [0.2, 0.25) is 5.91 Å². The molecule has 1 aliphatic rings. The van der Waals surface area contributed by atoms with Gasteiger partial charge in [-0.15, -0.1) is 0 Å². The van der Waals surface area contributed by atoms with E-state index < -0.39 is 40.7 Å². The number of pyridine rings is 1. The summed E-state index contributed by atoms with van der Waals surface area (Å²) < 4.78 is 58.4. The second-order valence-corrected chi connectivity index (χ2v) is 8.95. The maximum atomic E-state index is 15.0. The average Bonchev–Trinajstić information content (AvgIpc) is 3.15. The fraction of sp³-hybridized carbons (Fsp3) is 0.214. The molecule has 1 unspecified atom stereocenters. The summed E-state index contributed by atoms with van der Waals surface area (Å²) in [6, 6.07) is 13.4. The zero-order valence-corrected chi connectivity index (χ0v) is 19.8. The molecule has 4 aromatic rings. The fourth-order valence-corrected chi connectivity index (χ4v) is 4.90. The summed E-state index contributed by atoms with van der Waals surface area (Å²) in [6.45, 7) is 3.04. The molecule has 2 heterocycles. The van der Waals surface area contributed by atoms with Crippen molar-refractivity contribution in [3.05, 3.63) is 95.2 Å². The third kappa shape index (κ3) is 4.74. The highest BCUT2D eigenvalue weighted by atomic mass is 19.1. The van der Waals surface area contributed by atoms with Gasteiger partial charge < -0.3 is 16.0 Å². The Morgan fingerprint density at radius 3 is 2.38 bits per heavy atom. The number of primary amides is 1. The smallest absolute Gasteiger partial charge is 0.231 e. The number of carbonyl (C=O) groups excluding carboxylic acids is 1. The molecule has 9 heteroatoms. The summed E-state index contributed by atoms with van der Waals surface area (Å²) in [5.41, 5.74) is 5.99. The molecule has 5 nitrogen and oxygen atoms in total. The third-order valence-corrected chi connectivity index (χ3v) is 6.61. The number of nitrogens with two attached hydrogens (primary N) is 1. The average molecular weight is 509 g/mol. The Balaban J connectivity index is 1.82. The van der Waals surface area contributed by atoms with Gasteiger partial charge in [0, 0.05) is 53.3 Å². The van der Waals surface area contributed by atoms with Crippen molar-refractivity contribution in [3.63, 3.8) is 0 Å². The number of fused-ring (bicyclic) bond motifs is 1. The molecule has 0 saturated carbocycles. The molecule has 1 saturated heterocycles. The van der Waals surface area contributed by atoms with Crippen LogP contribution in [-0.2, 0) is 4.79 Å². The number of hydrogen-bond acceptors (Lipinski definition) is 4. The Morgan fingerprint density at radius 1 is 0.892 bits per heavy atom. The van der Waals surface area contributed by atoms with Gasteiger partial charge >= 0.3 is 0 Å². The topological polar surface area (TPSA) is 71.2 Å². The molecule has 37 heavy (non-hydrogen) atoms. The van der Waals surface area contributed by atoms with Crippen LogP contribution in [0.4, 0.5) is 23.2 Å². The van der Waals surface area contributed by atoms with Crippen LogP contribution in [0, 0.1) is 23.3 Å². The number of hydrogen-bond donors (Lipinski definition) is 2. The van der Waals surface area contributed by atoms with Crippen molar-refractivity contribution in [2.24, 2.45) is 5.73 Å². The summed E-state index contributed by atoms with van der Waals surface area (Å²) in [5, 5.41) is 4.49. The van der Waals surface area contributed by atoms with Crippen LogP contribution in [0.15, 0.2) is 60.7 Å². The minimum absolute atomic E-state index is 0.0137. The van der Waals surface area contributed by atoms with Crippen LogP contribution in [0.25, 0.3) is 22.0 Å². The van der Waals surface area contributed by atoms with Crippen LogP contribution >= 0.6 is 0 Å². The molecule has 0 aliphatic carbocycles. The van der Waals surface area contributed by atoms with E-state index in [1.807, 2.05) is 12.1 Å². The minimum atomic E-state index is -1.58. The number of nitrogens with zero attached hydrogens (tertiary/aromatic N) is 2. The van der Waals surface area contributed by atoms with Gasteiger partial charge in [-0.05, 0) is 49.4 Å². The summed E-state index contributed by atoms with van der Waals surface area (Å²) >= 11 is 0. The molecular weight excluding hydrogens is 484 g/mol. The second kappa shape index (κ2) is 10.2. The van der Waals surface area contributed by atoms with E-state index in [0.717, 1.165) is 56.0 Å². The van der Waals surface area contributed by atoms with E-state index in [1.54, 1.807) is 12.1 Å². The van der Waals surface area contributed by atoms with Crippen molar-refractivity contribution in [2.75, 3.05) is 31.1 Å². The number of halogens is 4. The SMILES string of the molecule is NC(=O)C(c1cc2c(N3CCCNCC3)cccc2c(-c2ccc(F)cc2F)n1)c1c(F)cccc1F. The first-order valence-corrected chi connectivity index (χ1v) is 11.9. The first kappa shape index (κ1) is 24.7. The number of carbonyl (C=O) groups is 1. The van der Waals surface area contributed by atoms with Gasteiger partial charge in [0.05, 0.1) is 11.4 Å². The van der Waals surface area contributed by atoms with E-state index in [1.165, 1.54) is 12.1 Å². The van der Waals surface area contributed by atoms with Crippen molar-refractivity contribution >= 4 is 22.4 Å². The van der Waals surface area contributed by atoms with Crippen LogP contribution < -0.4 is 16.0 Å². The molecule has 0 spiro atoms. The highest BCUT2D eigenvalue weighted by Crippen LogP contribution is 2.38. The largest absolute Gasteiger partial charge is 0.370 e. The van der Waals surface area contributed by atoms with Crippen molar-refractivity contribution in [1.29, 1.82) is 0 Å². The number of benzene rings is 3. The van der Waals surface area contributed by atoms with E-state index in [9.17, 15) is 18.0 Å². The van der Waals surface area contributed by atoms with Crippen molar-refractivity contribution in [3.8, 4) is 11.3 Å². The van der Waals surface area contributed by atoms with Gasteiger partial charge in [-0.25, -0.2) is 17.6 Å². The van der Waals surface area contributed by atoms with Crippen LogP contribution in [0.3, 0.4) is 0 Å². The lowest BCUT2D eigenvalue weighted by atomic mass is 9.91. The second-order valence-electron chi connectivity index (χ2n) is 8.95. The Hall–Kier alpha value is -3.98. The lowest BCUT2D eigenvalue weighted by molar-refractivity contribution is -0.118. The minimum Gasteiger partial charge on any atom is -0.370 e. The third-order valence-electron chi connectivity index (χ3n) is 6.61. The monoisotopic (exact) mass is 508 g/mol. The van der Waals surface area contributed by atoms with Crippen LogP contribution in [0.5, 0.6) is 0 Å². The standard InChI is InChI=1S/C28H24F4N4O/c29-16-8-9-18(22(32)14-16)27-17-4-1-7-24(36-12-3-10-34-11-13-36)19(17)15-23(35-27)26(28(33)37)25-20(30)5-2-6-21(25)31/h1-2,4-9,14-15,26,34H,3,10-13H2,(H2,33,37). The van der Waals surface area contributed by atoms with Gasteiger partial charge in [-0.2, -0.15) is 0 Å². The lowest BCUT2D eigenvalue weighted by Crippen LogP contribution is -2.28. The predicted octanol–water partition coefficient (Wildman–Crippen LogP) is 4.88. The first-order chi connectivity index (χ1) is 17.8. The van der Waals surface area contributed by atoms with E-state index in [-0.39, 0.29) is 17.0 Å². The zero-order valence-electron chi connectivity index (χ0n) is 19.8. The maximum Gasteiger partial charge on any atom is 0.231 e. The Bertz CT molecular complexity index is 1460. The summed E-state index contributed by atoms with van der Waals surface area (Å²) in [7, 11) is 0. The number of nitrogens with one attached hydrogen (secondary N) is 1. The highest BCUT2D eigenvalue weighted by Gasteiger charge is 2.30. The Morgan fingerprint density at radius 2 is 1.65 bits per heavy atom. The molecule has 1 fully saturated rings.